The number of carboxylic acids is 1. The Labute approximate surface area is 102 Å². The highest BCUT2D eigenvalue weighted by atomic mass is 16.4. The molecule has 0 amide bonds. The zero-order valence-corrected chi connectivity index (χ0v) is 9.25. The van der Waals surface area contributed by atoms with Crippen LogP contribution < -0.4 is 10.9 Å². The number of anilines is 1. The second-order valence-electron chi connectivity index (χ2n) is 3.49. The van der Waals surface area contributed by atoms with Gasteiger partial charge in [0.05, 0.1) is 24.1 Å². The first-order chi connectivity index (χ1) is 8.65. The molecule has 0 radical (unpaired) electrons. The van der Waals surface area contributed by atoms with Crippen LogP contribution in [0, 0.1) is 0 Å². The lowest BCUT2D eigenvalue weighted by molar-refractivity contribution is 0.0696. The van der Waals surface area contributed by atoms with Gasteiger partial charge in [-0.15, -0.1) is 0 Å². The number of carboxylic acid groups (broad SMARTS) is 1. The highest BCUT2D eigenvalue weighted by molar-refractivity contribution is 5.87. The van der Waals surface area contributed by atoms with Gasteiger partial charge in [-0.3, -0.25) is 9.78 Å². The van der Waals surface area contributed by atoms with Crippen LogP contribution in [0.15, 0.2) is 35.5 Å². The first-order valence-corrected chi connectivity index (χ1v) is 5.12. The quantitative estimate of drug-likeness (QED) is 0.724. The number of nitrogens with one attached hydrogen (secondary N) is 2. The van der Waals surface area contributed by atoms with Crippen LogP contribution in [0.2, 0.25) is 0 Å². The number of nitrogens with zero attached hydrogens (tertiary/aromatic N) is 2. The summed E-state index contributed by atoms with van der Waals surface area (Å²) in [5, 5.41) is 11.7. The Morgan fingerprint density at radius 1 is 1.39 bits per heavy atom. The fourth-order valence-electron chi connectivity index (χ4n) is 1.35. The smallest absolute Gasteiger partial charge is 0.335 e. The molecule has 0 saturated carbocycles. The third-order valence-electron chi connectivity index (χ3n) is 2.19. The van der Waals surface area contributed by atoms with Gasteiger partial charge in [0.2, 0.25) is 0 Å². The Morgan fingerprint density at radius 2 is 2.22 bits per heavy atom. The lowest BCUT2D eigenvalue weighted by Gasteiger charge is -2.04. The van der Waals surface area contributed by atoms with Gasteiger partial charge < -0.3 is 15.4 Å². The highest BCUT2D eigenvalue weighted by Crippen LogP contribution is 2.04. The molecule has 2 rings (SSSR count). The lowest BCUT2D eigenvalue weighted by Crippen LogP contribution is -2.10. The number of aromatic nitrogens is 3. The van der Waals surface area contributed by atoms with Gasteiger partial charge in [-0.25, -0.2) is 9.78 Å². The van der Waals surface area contributed by atoms with E-state index in [4.69, 9.17) is 5.11 Å². The summed E-state index contributed by atoms with van der Waals surface area (Å²) >= 11 is 0. The number of pyridine rings is 1. The molecule has 2 aromatic heterocycles. The largest absolute Gasteiger partial charge is 0.478 e. The van der Waals surface area contributed by atoms with Gasteiger partial charge in [0.25, 0.3) is 5.56 Å². The minimum atomic E-state index is -1.01. The van der Waals surface area contributed by atoms with E-state index < -0.39 is 5.97 Å². The van der Waals surface area contributed by atoms with Gasteiger partial charge >= 0.3 is 5.97 Å². The van der Waals surface area contributed by atoms with E-state index in [1.54, 1.807) is 0 Å². The Morgan fingerprint density at radius 3 is 2.94 bits per heavy atom. The first-order valence-electron chi connectivity index (χ1n) is 5.12. The van der Waals surface area contributed by atoms with Crippen molar-refractivity contribution in [1.82, 2.24) is 15.0 Å². The van der Waals surface area contributed by atoms with Gasteiger partial charge in [-0.1, -0.05) is 0 Å². The van der Waals surface area contributed by atoms with Gasteiger partial charge in [0, 0.05) is 12.3 Å². The van der Waals surface area contributed by atoms with Crippen molar-refractivity contribution in [2.75, 3.05) is 5.32 Å². The SMILES string of the molecule is O=C(O)c1ccnc(CNc2cc(=O)[nH]cn2)c1. The Hall–Kier alpha value is -2.70. The third kappa shape index (κ3) is 2.91. The van der Waals surface area contributed by atoms with Crippen LogP contribution in [0.25, 0.3) is 0 Å². The van der Waals surface area contributed by atoms with Crippen molar-refractivity contribution in [2.45, 2.75) is 6.54 Å². The van der Waals surface area contributed by atoms with E-state index >= 15 is 0 Å². The maximum absolute atomic E-state index is 11.0. The molecule has 0 aliphatic rings. The van der Waals surface area contributed by atoms with Crippen LogP contribution in [0.3, 0.4) is 0 Å². The molecular weight excluding hydrogens is 236 g/mol. The number of carbonyl (C=O) groups is 1. The standard InChI is InChI=1S/C11H10N4O3/c16-10-4-9(14-6-15-10)13-5-8-3-7(11(17)18)1-2-12-8/h1-4,6H,5H2,(H,17,18)(H2,13,14,15,16). The van der Waals surface area contributed by atoms with E-state index in [-0.39, 0.29) is 17.7 Å². The van der Waals surface area contributed by atoms with Crippen LogP contribution in [0.5, 0.6) is 0 Å². The number of hydrogen-bond acceptors (Lipinski definition) is 5. The maximum Gasteiger partial charge on any atom is 0.335 e. The molecule has 3 N–H and O–H groups in total. The van der Waals surface area contributed by atoms with Crippen LogP contribution in [0.1, 0.15) is 16.1 Å². The summed E-state index contributed by atoms with van der Waals surface area (Å²) in [6.07, 6.45) is 2.71. The molecule has 18 heavy (non-hydrogen) atoms. The van der Waals surface area contributed by atoms with E-state index in [0.29, 0.717) is 11.5 Å². The Kier molecular flexibility index (Phi) is 3.33. The monoisotopic (exact) mass is 246 g/mol. The van der Waals surface area contributed by atoms with Crippen molar-refractivity contribution in [1.29, 1.82) is 0 Å². The van der Waals surface area contributed by atoms with Gasteiger partial charge in [0.1, 0.15) is 5.82 Å². The molecule has 0 aromatic carbocycles. The summed E-state index contributed by atoms with van der Waals surface area (Å²) in [5.74, 6) is -0.603. The number of aromatic amines is 1. The van der Waals surface area contributed by atoms with Crippen molar-refractivity contribution < 1.29 is 9.90 Å². The van der Waals surface area contributed by atoms with E-state index in [1.807, 2.05) is 0 Å². The molecule has 0 saturated heterocycles. The van der Waals surface area contributed by atoms with Crippen molar-refractivity contribution in [3.63, 3.8) is 0 Å². The molecule has 0 spiro atoms. The van der Waals surface area contributed by atoms with Gasteiger partial charge in [-0.2, -0.15) is 0 Å². The third-order valence-corrected chi connectivity index (χ3v) is 2.19. The van der Waals surface area contributed by atoms with Crippen molar-refractivity contribution in [3.8, 4) is 0 Å². The van der Waals surface area contributed by atoms with Crippen molar-refractivity contribution in [2.24, 2.45) is 0 Å². The Balaban J connectivity index is 2.08. The molecular formula is C11H10N4O3. The summed E-state index contributed by atoms with van der Waals surface area (Å²) in [6, 6.07) is 4.18. The molecule has 0 unspecified atom stereocenters. The number of aromatic carboxylic acids is 1. The van der Waals surface area contributed by atoms with E-state index in [0.717, 1.165) is 0 Å². The molecule has 0 atom stereocenters. The normalized spacial score (nSPS) is 10.0. The van der Waals surface area contributed by atoms with Crippen LogP contribution in [-0.4, -0.2) is 26.0 Å². The topological polar surface area (TPSA) is 108 Å². The molecule has 2 heterocycles. The summed E-state index contributed by atoms with van der Waals surface area (Å²) < 4.78 is 0. The van der Waals surface area contributed by atoms with E-state index in [9.17, 15) is 9.59 Å². The molecule has 0 aliphatic heterocycles. The fraction of sp³-hybridized carbons (Fsp3) is 0.0909. The minimum absolute atomic E-state index is 0.167. The summed E-state index contributed by atoms with van der Waals surface area (Å²) in [4.78, 5) is 32.1. The lowest BCUT2D eigenvalue weighted by atomic mass is 10.2. The summed E-state index contributed by atoms with van der Waals surface area (Å²) in [7, 11) is 0. The number of rotatable bonds is 4. The summed E-state index contributed by atoms with van der Waals surface area (Å²) in [5.41, 5.74) is 0.456. The maximum atomic E-state index is 11.0. The predicted molar refractivity (Wildman–Crippen MR) is 63.4 cm³/mol. The molecule has 7 nitrogen and oxygen atoms in total. The molecule has 92 valence electrons. The van der Waals surface area contributed by atoms with Gasteiger partial charge in [0.15, 0.2) is 0 Å². The predicted octanol–water partition coefficient (Wildman–Crippen LogP) is 0.475. The molecule has 0 aliphatic carbocycles. The second kappa shape index (κ2) is 5.09. The molecule has 7 heteroatoms. The van der Waals surface area contributed by atoms with Crippen LogP contribution in [-0.2, 0) is 6.54 Å². The average molecular weight is 246 g/mol. The Bertz CT molecular complexity index is 623. The fourth-order valence-corrected chi connectivity index (χ4v) is 1.35. The van der Waals surface area contributed by atoms with E-state index in [1.165, 1.54) is 30.7 Å². The van der Waals surface area contributed by atoms with Crippen molar-refractivity contribution >= 4 is 11.8 Å². The average Bonchev–Trinajstić information content (AvgIpc) is 2.37. The molecule has 0 bridgehead atoms. The number of hydrogen-bond donors (Lipinski definition) is 3. The van der Waals surface area contributed by atoms with Crippen LogP contribution >= 0.6 is 0 Å². The highest BCUT2D eigenvalue weighted by Gasteiger charge is 2.04. The zero-order chi connectivity index (χ0) is 13.0. The number of H-pyrrole nitrogens is 1. The first kappa shape index (κ1) is 11.8. The molecule has 0 fully saturated rings. The van der Waals surface area contributed by atoms with Crippen molar-refractivity contribution in [3.05, 3.63) is 52.3 Å². The molecule has 2 aromatic rings. The zero-order valence-electron chi connectivity index (χ0n) is 9.25. The van der Waals surface area contributed by atoms with E-state index in [2.05, 4.69) is 20.3 Å². The minimum Gasteiger partial charge on any atom is -0.478 e. The van der Waals surface area contributed by atoms with Crippen LogP contribution in [0.4, 0.5) is 5.82 Å². The van der Waals surface area contributed by atoms with Gasteiger partial charge in [-0.05, 0) is 12.1 Å². The second-order valence-corrected chi connectivity index (χ2v) is 3.49. The summed E-state index contributed by atoms with van der Waals surface area (Å²) in [6.45, 7) is 0.289.